The molecule has 0 bridgehead atoms. The number of hydrogen-bond acceptors (Lipinski definition) is 4. The maximum atomic E-state index is 12.4. The van der Waals surface area contributed by atoms with Gasteiger partial charge < -0.3 is 15.5 Å². The zero-order chi connectivity index (χ0) is 19.3. The number of aromatic nitrogens is 2. The zero-order valence-corrected chi connectivity index (χ0v) is 17.3. The van der Waals surface area contributed by atoms with Crippen LogP contribution in [0, 0.1) is 0 Å². The van der Waals surface area contributed by atoms with Crippen molar-refractivity contribution in [1.82, 2.24) is 25.3 Å². The van der Waals surface area contributed by atoms with Crippen LogP contribution in [0.25, 0.3) is 0 Å². The first kappa shape index (κ1) is 21.3. The predicted octanol–water partition coefficient (Wildman–Crippen LogP) is 2.28. The summed E-state index contributed by atoms with van der Waals surface area (Å²) >= 11 is 0. The van der Waals surface area contributed by atoms with E-state index >= 15 is 0 Å². The summed E-state index contributed by atoms with van der Waals surface area (Å²) < 4.78 is 1.90. The zero-order valence-electron chi connectivity index (χ0n) is 16.5. The van der Waals surface area contributed by atoms with E-state index in [2.05, 4.69) is 15.7 Å². The number of likely N-dealkylation sites (tertiary alicyclic amines) is 1. The second-order valence-corrected chi connectivity index (χ2v) is 7.60. The molecule has 4 rings (SSSR count). The van der Waals surface area contributed by atoms with Gasteiger partial charge in [-0.25, -0.2) is 0 Å². The number of rotatable bonds is 6. The number of carbonyl (C=O) groups is 2. The summed E-state index contributed by atoms with van der Waals surface area (Å²) in [5, 5.41) is 10.8. The molecule has 0 saturated carbocycles. The van der Waals surface area contributed by atoms with E-state index in [-0.39, 0.29) is 24.2 Å². The molecule has 29 heavy (non-hydrogen) atoms. The van der Waals surface area contributed by atoms with E-state index in [1.807, 2.05) is 40.0 Å². The quantitative estimate of drug-likeness (QED) is 0.755. The number of halogens is 1. The van der Waals surface area contributed by atoms with Crippen LogP contribution < -0.4 is 10.6 Å². The second kappa shape index (κ2) is 9.89. The van der Waals surface area contributed by atoms with Gasteiger partial charge in [-0.3, -0.25) is 14.3 Å². The fourth-order valence-corrected chi connectivity index (χ4v) is 3.85. The van der Waals surface area contributed by atoms with Crippen LogP contribution in [0.4, 0.5) is 0 Å². The normalized spacial score (nSPS) is 19.1. The minimum atomic E-state index is -0.158. The Balaban J connectivity index is 0.00000240. The van der Waals surface area contributed by atoms with Crippen molar-refractivity contribution in [1.29, 1.82) is 0 Å². The van der Waals surface area contributed by atoms with E-state index in [0.29, 0.717) is 31.2 Å². The van der Waals surface area contributed by atoms with Gasteiger partial charge in [-0.2, -0.15) is 5.10 Å². The van der Waals surface area contributed by atoms with Gasteiger partial charge in [-0.1, -0.05) is 24.3 Å². The molecule has 8 heteroatoms. The lowest BCUT2D eigenvalue weighted by Crippen LogP contribution is -2.32. The third-order valence-electron chi connectivity index (χ3n) is 5.51. The summed E-state index contributed by atoms with van der Waals surface area (Å²) in [5.74, 6) is 0.0778. The monoisotopic (exact) mass is 417 g/mol. The topological polar surface area (TPSA) is 79.3 Å². The third-order valence-corrected chi connectivity index (χ3v) is 5.51. The maximum absolute atomic E-state index is 12.4. The van der Waals surface area contributed by atoms with Crippen LogP contribution in [0.3, 0.4) is 0 Å². The Kier molecular flexibility index (Phi) is 7.28. The van der Waals surface area contributed by atoms with Gasteiger partial charge >= 0.3 is 0 Å². The van der Waals surface area contributed by atoms with E-state index in [1.54, 1.807) is 6.07 Å². The van der Waals surface area contributed by atoms with Crippen molar-refractivity contribution in [3.05, 3.63) is 53.3 Å². The Morgan fingerprint density at radius 1 is 1.17 bits per heavy atom. The maximum Gasteiger partial charge on any atom is 0.272 e. The van der Waals surface area contributed by atoms with E-state index in [4.69, 9.17) is 0 Å². The highest BCUT2D eigenvalue weighted by Gasteiger charge is 2.20. The molecule has 2 aliphatic heterocycles. The number of piperidine rings is 1. The summed E-state index contributed by atoms with van der Waals surface area (Å²) in [5.41, 5.74) is 2.60. The molecule has 1 aromatic heterocycles. The second-order valence-electron chi connectivity index (χ2n) is 7.60. The van der Waals surface area contributed by atoms with Crippen molar-refractivity contribution in [2.75, 3.05) is 19.6 Å². The summed E-state index contributed by atoms with van der Waals surface area (Å²) in [6, 6.07) is 10.2. The molecule has 1 atom stereocenters. The van der Waals surface area contributed by atoms with Crippen LogP contribution in [0.1, 0.15) is 53.3 Å². The minimum absolute atomic E-state index is 0. The molecule has 1 aromatic carbocycles. The number of benzene rings is 1. The molecule has 0 aliphatic carbocycles. The molecular weight excluding hydrogens is 390 g/mol. The van der Waals surface area contributed by atoms with Gasteiger partial charge in [0.2, 0.25) is 5.91 Å². The molecule has 2 fully saturated rings. The fourth-order valence-electron chi connectivity index (χ4n) is 3.85. The Morgan fingerprint density at radius 2 is 1.97 bits per heavy atom. The van der Waals surface area contributed by atoms with Crippen molar-refractivity contribution < 1.29 is 9.59 Å². The molecule has 2 N–H and O–H groups in total. The van der Waals surface area contributed by atoms with Gasteiger partial charge in [-0.15, -0.1) is 12.4 Å². The number of nitrogens with zero attached hydrogens (tertiary/aromatic N) is 3. The summed E-state index contributed by atoms with van der Waals surface area (Å²) in [6.45, 7) is 3.93. The Hall–Kier alpha value is -2.38. The fraction of sp³-hybridized carbons (Fsp3) is 0.476. The minimum Gasteiger partial charge on any atom is -0.347 e. The van der Waals surface area contributed by atoms with Gasteiger partial charge in [0.25, 0.3) is 5.91 Å². The largest absolute Gasteiger partial charge is 0.347 e. The molecular formula is C21H28ClN5O2. The van der Waals surface area contributed by atoms with Gasteiger partial charge in [-0.05, 0) is 43.0 Å². The molecule has 2 aromatic rings. The molecule has 2 aliphatic rings. The molecule has 156 valence electrons. The third kappa shape index (κ3) is 5.36. The van der Waals surface area contributed by atoms with E-state index in [1.165, 1.54) is 0 Å². The lowest BCUT2D eigenvalue weighted by atomic mass is 10.1. The highest BCUT2D eigenvalue weighted by Crippen LogP contribution is 2.16. The van der Waals surface area contributed by atoms with Crippen LogP contribution in [-0.2, 0) is 17.9 Å². The first-order valence-electron chi connectivity index (χ1n) is 10.1. The molecule has 0 radical (unpaired) electrons. The smallest absolute Gasteiger partial charge is 0.272 e. The lowest BCUT2D eigenvalue weighted by molar-refractivity contribution is -0.128. The molecule has 3 heterocycles. The van der Waals surface area contributed by atoms with Crippen molar-refractivity contribution in [2.24, 2.45) is 0 Å². The van der Waals surface area contributed by atoms with Gasteiger partial charge in [0.15, 0.2) is 0 Å². The van der Waals surface area contributed by atoms with Gasteiger partial charge in [0.05, 0.1) is 6.04 Å². The first-order chi connectivity index (χ1) is 13.7. The van der Waals surface area contributed by atoms with Crippen molar-refractivity contribution in [3.63, 3.8) is 0 Å². The van der Waals surface area contributed by atoms with Crippen LogP contribution in [0.15, 0.2) is 36.5 Å². The molecule has 7 nitrogen and oxygen atoms in total. The van der Waals surface area contributed by atoms with Crippen molar-refractivity contribution >= 4 is 24.2 Å². The molecule has 2 saturated heterocycles. The molecule has 1 unspecified atom stereocenters. The van der Waals surface area contributed by atoms with Crippen molar-refractivity contribution in [2.45, 2.75) is 44.8 Å². The predicted molar refractivity (Wildman–Crippen MR) is 113 cm³/mol. The SMILES string of the molecule is Cl.O=C(NCc1ccc(CN2CCCC2=O)cc1)c1ccn(C2CCCNC2)n1. The molecule has 2 amide bonds. The van der Waals surface area contributed by atoms with Crippen molar-refractivity contribution in [3.8, 4) is 0 Å². The van der Waals surface area contributed by atoms with Gasteiger partial charge in [0.1, 0.15) is 5.69 Å². The average Bonchev–Trinajstić information content (AvgIpc) is 3.38. The average molecular weight is 418 g/mol. The van der Waals surface area contributed by atoms with Crippen LogP contribution in [0.2, 0.25) is 0 Å². The standard InChI is InChI=1S/C21H27N5O2.ClH/c27-20-4-2-11-25(20)15-17-7-5-16(6-8-17)13-23-21(28)19-9-12-26(24-19)18-3-1-10-22-14-18;/h5-9,12,18,22H,1-4,10-11,13-15H2,(H,23,28);1H. The number of carbonyl (C=O) groups excluding carboxylic acids is 2. The van der Waals surface area contributed by atoms with E-state index in [9.17, 15) is 9.59 Å². The highest BCUT2D eigenvalue weighted by atomic mass is 35.5. The Labute approximate surface area is 177 Å². The summed E-state index contributed by atoms with van der Waals surface area (Å²) in [6.07, 6.45) is 5.73. The van der Waals surface area contributed by atoms with Crippen LogP contribution in [0.5, 0.6) is 0 Å². The number of hydrogen-bond donors (Lipinski definition) is 2. The van der Waals surface area contributed by atoms with Gasteiger partial charge in [0, 0.05) is 38.8 Å². The summed E-state index contributed by atoms with van der Waals surface area (Å²) in [4.78, 5) is 26.0. The van der Waals surface area contributed by atoms with Crippen LogP contribution in [-0.4, -0.2) is 46.1 Å². The Morgan fingerprint density at radius 3 is 2.66 bits per heavy atom. The number of nitrogens with one attached hydrogen (secondary N) is 2. The summed E-state index contributed by atoms with van der Waals surface area (Å²) in [7, 11) is 0. The highest BCUT2D eigenvalue weighted by molar-refractivity contribution is 5.92. The molecule has 0 spiro atoms. The lowest BCUT2D eigenvalue weighted by Gasteiger charge is -2.22. The van der Waals surface area contributed by atoms with E-state index < -0.39 is 0 Å². The first-order valence-corrected chi connectivity index (χ1v) is 10.1. The Bertz CT molecular complexity index is 830. The number of amides is 2. The van der Waals surface area contributed by atoms with E-state index in [0.717, 1.165) is 50.0 Å². The van der Waals surface area contributed by atoms with Crippen LogP contribution >= 0.6 is 12.4 Å².